The van der Waals surface area contributed by atoms with E-state index in [0.29, 0.717) is 0 Å². The predicted molar refractivity (Wildman–Crippen MR) is 64.7 cm³/mol. The van der Waals surface area contributed by atoms with Crippen molar-refractivity contribution in [1.29, 1.82) is 0 Å². The molecule has 6 nitrogen and oxygen atoms in total. The van der Waals surface area contributed by atoms with Crippen LogP contribution in [-0.2, 0) is 6.54 Å². The van der Waals surface area contributed by atoms with E-state index in [2.05, 4.69) is 36.0 Å². The number of aromatic nitrogens is 4. The van der Waals surface area contributed by atoms with Crippen molar-refractivity contribution in [3.8, 4) is 0 Å². The van der Waals surface area contributed by atoms with E-state index in [1.54, 1.807) is 6.20 Å². The Kier molecular flexibility index (Phi) is 3.64. The van der Waals surface area contributed by atoms with Crippen LogP contribution in [0.5, 0.6) is 0 Å². The molecule has 2 aromatic heterocycles. The van der Waals surface area contributed by atoms with Crippen LogP contribution in [0.2, 0.25) is 0 Å². The number of halogens is 1. The molecule has 0 spiro atoms. The summed E-state index contributed by atoms with van der Waals surface area (Å²) in [6, 6.07) is -0.199. The van der Waals surface area contributed by atoms with Gasteiger partial charge in [0.1, 0.15) is 6.04 Å². The van der Waals surface area contributed by atoms with Crippen LogP contribution in [0.4, 0.5) is 0 Å². The minimum Gasteiger partial charge on any atom is -0.270 e. The maximum absolute atomic E-state index is 5.57. The Morgan fingerprint density at radius 2 is 2.50 bits per heavy atom. The van der Waals surface area contributed by atoms with Crippen LogP contribution in [0.25, 0.3) is 0 Å². The van der Waals surface area contributed by atoms with Gasteiger partial charge in [-0.05, 0) is 34.4 Å². The van der Waals surface area contributed by atoms with Crippen molar-refractivity contribution in [3.05, 3.63) is 27.4 Å². The maximum Gasteiger partial charge on any atom is 0.109 e. The van der Waals surface area contributed by atoms with Crippen LogP contribution in [-0.4, -0.2) is 19.4 Å². The lowest BCUT2D eigenvalue weighted by molar-refractivity contribution is 0.533. The van der Waals surface area contributed by atoms with Crippen molar-refractivity contribution in [2.75, 3.05) is 0 Å². The zero-order valence-electron chi connectivity index (χ0n) is 8.59. The third kappa shape index (κ3) is 2.01. The number of aryl methyl sites for hydroxylation is 1. The summed E-state index contributed by atoms with van der Waals surface area (Å²) in [5, 5.41) is 10.1. The lowest BCUT2D eigenvalue weighted by Crippen LogP contribution is -2.31. The Balaban J connectivity index is 2.44. The molecule has 2 heterocycles. The van der Waals surface area contributed by atoms with Gasteiger partial charge in [0.25, 0.3) is 0 Å². The molecular formula is C8H11BrN6S. The largest absolute Gasteiger partial charge is 0.270 e. The second-order valence-corrected chi connectivity index (χ2v) is 4.59. The van der Waals surface area contributed by atoms with E-state index in [-0.39, 0.29) is 6.04 Å². The molecule has 0 saturated carbocycles. The summed E-state index contributed by atoms with van der Waals surface area (Å²) in [5.74, 6) is 5.57. The molecule has 0 saturated heterocycles. The number of hydrazine groups is 1. The van der Waals surface area contributed by atoms with Gasteiger partial charge in [-0.2, -0.15) is 5.10 Å². The summed E-state index contributed by atoms with van der Waals surface area (Å²) in [4.78, 5) is 0. The Bertz CT molecular complexity index is 453. The molecule has 0 fully saturated rings. The van der Waals surface area contributed by atoms with Crippen molar-refractivity contribution in [2.24, 2.45) is 5.84 Å². The van der Waals surface area contributed by atoms with Gasteiger partial charge in [0, 0.05) is 11.9 Å². The summed E-state index contributed by atoms with van der Waals surface area (Å²) in [6.07, 6.45) is 1.75. The zero-order valence-corrected chi connectivity index (χ0v) is 11.0. The van der Waals surface area contributed by atoms with E-state index in [0.717, 1.165) is 22.4 Å². The first kappa shape index (κ1) is 11.6. The maximum atomic E-state index is 5.57. The summed E-state index contributed by atoms with van der Waals surface area (Å²) < 4.78 is 6.61. The molecule has 1 atom stereocenters. The Hall–Kier alpha value is -0.830. The van der Waals surface area contributed by atoms with Gasteiger partial charge < -0.3 is 0 Å². The van der Waals surface area contributed by atoms with E-state index < -0.39 is 0 Å². The van der Waals surface area contributed by atoms with Gasteiger partial charge >= 0.3 is 0 Å². The fraction of sp³-hybridized carbons (Fsp3) is 0.375. The SMILES string of the molecule is CCn1ncc(Br)c1C(NN)c1csnn1. The highest BCUT2D eigenvalue weighted by molar-refractivity contribution is 9.10. The van der Waals surface area contributed by atoms with Gasteiger partial charge in [-0.1, -0.05) is 4.49 Å². The number of hydrogen-bond acceptors (Lipinski definition) is 6. The fourth-order valence-electron chi connectivity index (χ4n) is 1.51. The van der Waals surface area contributed by atoms with Gasteiger partial charge in [0.15, 0.2) is 0 Å². The number of hydrogen-bond donors (Lipinski definition) is 2. The van der Waals surface area contributed by atoms with Gasteiger partial charge in [-0.25, -0.2) is 5.43 Å². The summed E-state index contributed by atoms with van der Waals surface area (Å²) in [6.45, 7) is 2.80. The quantitative estimate of drug-likeness (QED) is 0.652. The van der Waals surface area contributed by atoms with E-state index in [4.69, 9.17) is 5.84 Å². The molecule has 16 heavy (non-hydrogen) atoms. The van der Waals surface area contributed by atoms with Crippen LogP contribution >= 0.6 is 27.5 Å². The third-order valence-corrected chi connectivity index (χ3v) is 3.38. The van der Waals surface area contributed by atoms with E-state index in [1.165, 1.54) is 11.5 Å². The average molecular weight is 303 g/mol. The summed E-state index contributed by atoms with van der Waals surface area (Å²) >= 11 is 4.76. The first-order valence-electron chi connectivity index (χ1n) is 4.72. The van der Waals surface area contributed by atoms with Crippen molar-refractivity contribution in [2.45, 2.75) is 19.5 Å². The Morgan fingerprint density at radius 1 is 1.69 bits per heavy atom. The molecule has 1 unspecified atom stereocenters. The molecule has 0 amide bonds. The fourth-order valence-corrected chi connectivity index (χ4v) is 2.52. The molecule has 0 radical (unpaired) electrons. The van der Waals surface area contributed by atoms with Crippen LogP contribution in [0.3, 0.4) is 0 Å². The van der Waals surface area contributed by atoms with Gasteiger partial charge in [0.2, 0.25) is 0 Å². The van der Waals surface area contributed by atoms with Gasteiger partial charge in [-0.3, -0.25) is 10.5 Å². The molecule has 0 aromatic carbocycles. The highest BCUT2D eigenvalue weighted by Crippen LogP contribution is 2.27. The molecule has 2 aromatic rings. The second-order valence-electron chi connectivity index (χ2n) is 3.12. The molecule has 2 rings (SSSR count). The Labute approximate surface area is 105 Å². The highest BCUT2D eigenvalue weighted by Gasteiger charge is 2.22. The summed E-state index contributed by atoms with van der Waals surface area (Å²) in [5.41, 5.74) is 4.49. The van der Waals surface area contributed by atoms with E-state index >= 15 is 0 Å². The first-order valence-corrected chi connectivity index (χ1v) is 6.35. The second kappa shape index (κ2) is 5.00. The van der Waals surface area contributed by atoms with E-state index in [1.807, 2.05) is 17.0 Å². The van der Waals surface area contributed by atoms with Crippen LogP contribution in [0.15, 0.2) is 16.0 Å². The van der Waals surface area contributed by atoms with Crippen LogP contribution in [0, 0.1) is 0 Å². The molecule has 0 bridgehead atoms. The molecule has 0 aliphatic heterocycles. The number of nitrogens with two attached hydrogens (primary N) is 1. The van der Waals surface area contributed by atoms with E-state index in [9.17, 15) is 0 Å². The van der Waals surface area contributed by atoms with Crippen LogP contribution in [0.1, 0.15) is 24.4 Å². The molecule has 0 aliphatic carbocycles. The van der Waals surface area contributed by atoms with Crippen molar-refractivity contribution in [1.82, 2.24) is 24.8 Å². The monoisotopic (exact) mass is 302 g/mol. The molecule has 0 aliphatic rings. The Morgan fingerprint density at radius 3 is 3.06 bits per heavy atom. The third-order valence-electron chi connectivity index (χ3n) is 2.25. The number of nitrogens with zero attached hydrogens (tertiary/aromatic N) is 4. The van der Waals surface area contributed by atoms with Gasteiger partial charge in [-0.15, -0.1) is 5.10 Å². The van der Waals surface area contributed by atoms with Crippen molar-refractivity contribution in [3.63, 3.8) is 0 Å². The van der Waals surface area contributed by atoms with Crippen molar-refractivity contribution >= 4 is 27.5 Å². The molecule has 3 N–H and O–H groups in total. The lowest BCUT2D eigenvalue weighted by atomic mass is 10.1. The normalized spacial score (nSPS) is 12.9. The smallest absolute Gasteiger partial charge is 0.109 e. The van der Waals surface area contributed by atoms with Crippen molar-refractivity contribution < 1.29 is 0 Å². The molecule has 8 heteroatoms. The molecular weight excluding hydrogens is 292 g/mol. The first-order chi connectivity index (χ1) is 7.77. The zero-order chi connectivity index (χ0) is 11.5. The number of rotatable bonds is 4. The number of nitrogens with one attached hydrogen (secondary N) is 1. The molecule has 86 valence electrons. The summed E-state index contributed by atoms with van der Waals surface area (Å²) in [7, 11) is 0. The highest BCUT2D eigenvalue weighted by atomic mass is 79.9. The standard InChI is InChI=1S/C8H11BrN6S/c1-2-15-8(5(9)3-11-15)7(12-10)6-4-16-14-13-6/h3-4,7,12H,2,10H2,1H3. The topological polar surface area (TPSA) is 81.7 Å². The lowest BCUT2D eigenvalue weighted by Gasteiger charge is -2.15. The predicted octanol–water partition coefficient (Wildman–Crippen LogP) is 1.07. The van der Waals surface area contributed by atoms with Gasteiger partial charge in [0.05, 0.1) is 22.1 Å². The average Bonchev–Trinajstić information content (AvgIpc) is 2.91. The minimum absolute atomic E-state index is 0.199. The minimum atomic E-state index is -0.199. The van der Waals surface area contributed by atoms with Crippen LogP contribution < -0.4 is 11.3 Å².